The number of hydrogen-bond donors (Lipinski definition) is 1. The van der Waals surface area contributed by atoms with Gasteiger partial charge >= 0.3 is 0 Å². The number of piperidine rings is 1. The van der Waals surface area contributed by atoms with Crippen molar-refractivity contribution in [2.75, 3.05) is 13.1 Å². The molecule has 2 heterocycles. The van der Waals surface area contributed by atoms with Crippen molar-refractivity contribution in [3.63, 3.8) is 0 Å². The van der Waals surface area contributed by atoms with E-state index in [9.17, 15) is 9.59 Å². The van der Waals surface area contributed by atoms with Gasteiger partial charge in [0.1, 0.15) is 0 Å². The molecule has 0 aliphatic carbocycles. The van der Waals surface area contributed by atoms with Crippen molar-refractivity contribution in [2.24, 2.45) is 5.92 Å². The van der Waals surface area contributed by atoms with E-state index in [4.69, 9.17) is 16.0 Å². The minimum atomic E-state index is -0.285. The smallest absolute Gasteiger partial charge is 0.289 e. The van der Waals surface area contributed by atoms with Gasteiger partial charge in [0.2, 0.25) is 5.91 Å². The molecule has 0 unspecified atom stereocenters. The Morgan fingerprint density at radius 2 is 1.73 bits per heavy atom. The fraction of sp³-hybridized carbons (Fsp3) is 0.250. The van der Waals surface area contributed by atoms with Crippen LogP contribution in [0.1, 0.15) is 40.6 Å². The summed E-state index contributed by atoms with van der Waals surface area (Å²) >= 11 is 6.05. The second kappa shape index (κ2) is 9.18. The zero-order valence-corrected chi connectivity index (χ0v) is 17.2. The van der Waals surface area contributed by atoms with Crippen molar-refractivity contribution in [3.05, 3.63) is 94.9 Å². The second-order valence-electron chi connectivity index (χ2n) is 7.47. The van der Waals surface area contributed by atoms with Crippen molar-refractivity contribution in [1.82, 2.24) is 10.2 Å². The summed E-state index contributed by atoms with van der Waals surface area (Å²) < 4.78 is 5.23. The van der Waals surface area contributed by atoms with Crippen LogP contribution in [-0.4, -0.2) is 29.8 Å². The first-order valence-corrected chi connectivity index (χ1v) is 10.4. The minimum Gasteiger partial charge on any atom is -0.459 e. The Kier molecular flexibility index (Phi) is 6.19. The molecule has 2 aromatic carbocycles. The minimum absolute atomic E-state index is 0.0595. The van der Waals surface area contributed by atoms with Gasteiger partial charge in [0.15, 0.2) is 5.76 Å². The normalized spacial score (nSPS) is 17.4. The number of carbonyl (C=O) groups is 2. The van der Waals surface area contributed by atoms with Crippen LogP contribution in [0.25, 0.3) is 0 Å². The zero-order valence-electron chi connectivity index (χ0n) is 16.5. The Labute approximate surface area is 180 Å². The largest absolute Gasteiger partial charge is 0.459 e. The van der Waals surface area contributed by atoms with Crippen molar-refractivity contribution < 1.29 is 14.0 Å². The average molecular weight is 423 g/mol. The van der Waals surface area contributed by atoms with Gasteiger partial charge in [0.05, 0.1) is 18.2 Å². The van der Waals surface area contributed by atoms with Gasteiger partial charge in [-0.3, -0.25) is 9.59 Å². The highest BCUT2D eigenvalue weighted by molar-refractivity contribution is 6.30. The van der Waals surface area contributed by atoms with Crippen molar-refractivity contribution >= 4 is 23.4 Å². The molecule has 5 nitrogen and oxygen atoms in total. The van der Waals surface area contributed by atoms with Crippen molar-refractivity contribution in [1.29, 1.82) is 0 Å². The van der Waals surface area contributed by atoms with E-state index in [1.54, 1.807) is 17.0 Å². The van der Waals surface area contributed by atoms with Crippen LogP contribution in [0.3, 0.4) is 0 Å². The van der Waals surface area contributed by atoms with Gasteiger partial charge in [0, 0.05) is 18.1 Å². The molecule has 0 bridgehead atoms. The standard InChI is InChI=1S/C24H23ClN2O3/c25-20-12-10-18(11-13-20)22(17-6-2-1-3-7-17)26-23(28)19-8-4-14-27(16-19)24(29)21-9-5-15-30-21/h1-3,5-7,9-13,15,19,22H,4,8,14,16H2,(H,26,28)/t19-,22-/m0/s1. The van der Waals surface area contributed by atoms with E-state index in [0.29, 0.717) is 23.9 Å². The summed E-state index contributed by atoms with van der Waals surface area (Å²) in [7, 11) is 0. The predicted molar refractivity (Wildman–Crippen MR) is 115 cm³/mol. The molecule has 0 radical (unpaired) electrons. The lowest BCUT2D eigenvalue weighted by Crippen LogP contribution is -2.46. The van der Waals surface area contributed by atoms with Crippen LogP contribution in [0.15, 0.2) is 77.4 Å². The van der Waals surface area contributed by atoms with Crippen LogP contribution in [0.2, 0.25) is 5.02 Å². The quantitative estimate of drug-likeness (QED) is 0.648. The van der Waals surface area contributed by atoms with E-state index in [0.717, 1.165) is 24.0 Å². The molecular formula is C24H23ClN2O3. The second-order valence-corrected chi connectivity index (χ2v) is 7.91. The van der Waals surface area contributed by atoms with Gasteiger partial charge < -0.3 is 14.6 Å². The summed E-state index contributed by atoms with van der Waals surface area (Å²) in [4.78, 5) is 27.5. The highest BCUT2D eigenvalue weighted by Crippen LogP contribution is 2.26. The van der Waals surface area contributed by atoms with Crippen LogP contribution in [-0.2, 0) is 4.79 Å². The molecular weight excluding hydrogens is 400 g/mol. The number of rotatable bonds is 5. The van der Waals surface area contributed by atoms with Gasteiger partial charge in [-0.25, -0.2) is 0 Å². The van der Waals surface area contributed by atoms with E-state index in [1.165, 1.54) is 6.26 Å². The monoisotopic (exact) mass is 422 g/mol. The summed E-state index contributed by atoms with van der Waals surface area (Å²) in [5, 5.41) is 3.84. The number of hydrogen-bond acceptors (Lipinski definition) is 3. The van der Waals surface area contributed by atoms with Crippen LogP contribution in [0.5, 0.6) is 0 Å². The number of halogens is 1. The number of likely N-dealkylation sites (tertiary alicyclic amines) is 1. The fourth-order valence-corrected chi connectivity index (χ4v) is 3.98. The third-order valence-corrected chi connectivity index (χ3v) is 5.69. The molecule has 1 aliphatic rings. The summed E-state index contributed by atoms with van der Waals surface area (Å²) in [5.74, 6) is -0.193. The number of nitrogens with one attached hydrogen (secondary N) is 1. The fourth-order valence-electron chi connectivity index (χ4n) is 3.85. The maximum Gasteiger partial charge on any atom is 0.289 e. The zero-order chi connectivity index (χ0) is 20.9. The Bertz CT molecular complexity index is 987. The molecule has 4 rings (SSSR count). The predicted octanol–water partition coefficient (Wildman–Crippen LogP) is 4.69. The molecule has 154 valence electrons. The number of amides is 2. The maximum atomic E-state index is 13.2. The van der Waals surface area contributed by atoms with E-state index in [1.807, 2.05) is 54.6 Å². The molecule has 2 atom stereocenters. The highest BCUT2D eigenvalue weighted by Gasteiger charge is 2.31. The molecule has 2 amide bonds. The van der Waals surface area contributed by atoms with Crippen molar-refractivity contribution in [3.8, 4) is 0 Å². The van der Waals surface area contributed by atoms with E-state index < -0.39 is 0 Å². The third-order valence-electron chi connectivity index (χ3n) is 5.43. The molecule has 1 fully saturated rings. The van der Waals surface area contributed by atoms with Gasteiger partial charge in [-0.2, -0.15) is 0 Å². The highest BCUT2D eigenvalue weighted by atomic mass is 35.5. The number of furan rings is 1. The molecule has 0 saturated carbocycles. The van der Waals surface area contributed by atoms with E-state index >= 15 is 0 Å². The van der Waals surface area contributed by atoms with Gasteiger partial charge in [-0.15, -0.1) is 0 Å². The van der Waals surface area contributed by atoms with Crippen molar-refractivity contribution in [2.45, 2.75) is 18.9 Å². The lowest BCUT2D eigenvalue weighted by Gasteiger charge is -2.32. The van der Waals surface area contributed by atoms with Crippen LogP contribution in [0, 0.1) is 5.92 Å². The third kappa shape index (κ3) is 4.57. The first-order valence-electron chi connectivity index (χ1n) is 10.1. The number of benzene rings is 2. The summed E-state index contributed by atoms with van der Waals surface area (Å²) in [5.41, 5.74) is 1.95. The topological polar surface area (TPSA) is 62.6 Å². The van der Waals surface area contributed by atoms with E-state index in [2.05, 4.69) is 5.32 Å². The van der Waals surface area contributed by atoms with Crippen LogP contribution >= 0.6 is 11.6 Å². The lowest BCUT2D eigenvalue weighted by atomic mass is 9.94. The first kappa shape index (κ1) is 20.2. The summed E-state index contributed by atoms with van der Waals surface area (Å²) in [6.45, 7) is 1.01. The molecule has 1 N–H and O–H groups in total. The van der Waals surface area contributed by atoms with Gasteiger partial charge in [-0.05, 0) is 48.2 Å². The summed E-state index contributed by atoms with van der Waals surface area (Å²) in [6, 6.07) is 20.4. The Hall–Kier alpha value is -3.05. The SMILES string of the molecule is O=C(N[C@@H](c1ccccc1)c1ccc(Cl)cc1)[C@H]1CCCN(C(=O)c2ccco2)C1. The Morgan fingerprint density at radius 3 is 2.43 bits per heavy atom. The van der Waals surface area contributed by atoms with Gasteiger partial charge in [0.25, 0.3) is 5.91 Å². The van der Waals surface area contributed by atoms with Crippen LogP contribution in [0.4, 0.5) is 0 Å². The Balaban J connectivity index is 1.50. The molecule has 1 aliphatic heterocycles. The van der Waals surface area contributed by atoms with Crippen LogP contribution < -0.4 is 5.32 Å². The maximum absolute atomic E-state index is 13.2. The molecule has 1 saturated heterocycles. The molecule has 0 spiro atoms. The van der Waals surface area contributed by atoms with Gasteiger partial charge in [-0.1, -0.05) is 54.1 Å². The average Bonchev–Trinajstić information content (AvgIpc) is 3.33. The Morgan fingerprint density at radius 1 is 1.00 bits per heavy atom. The van der Waals surface area contributed by atoms with E-state index in [-0.39, 0.29) is 23.8 Å². The number of carbonyl (C=O) groups excluding carboxylic acids is 2. The summed E-state index contributed by atoms with van der Waals surface area (Å²) in [6.07, 6.45) is 3.01. The molecule has 6 heteroatoms. The molecule has 30 heavy (non-hydrogen) atoms. The number of nitrogens with zero attached hydrogens (tertiary/aromatic N) is 1. The molecule has 1 aromatic heterocycles. The lowest BCUT2D eigenvalue weighted by molar-refractivity contribution is -0.126. The molecule has 3 aromatic rings. The first-order chi connectivity index (χ1) is 14.6.